The summed E-state index contributed by atoms with van der Waals surface area (Å²) in [7, 11) is 3.78. The molecule has 0 bridgehead atoms. The number of carbonyl (C=O) groups excluding carboxylic acids is 2. The summed E-state index contributed by atoms with van der Waals surface area (Å²) < 4.78 is 38.5. The first-order valence-corrected chi connectivity index (χ1v) is 7.95. The standard InChI is InChI=1S/C16H21ClF3N3O2/c1-11(24)23(8-4-7-22(2)3)10-15(25)21-12-5-6-14(17)13(9-12)16(18,19)20/h5-6,9H,4,7-8,10H2,1-3H3,(H,21,25). The topological polar surface area (TPSA) is 52.7 Å². The second kappa shape index (κ2) is 9.05. The molecule has 0 radical (unpaired) electrons. The Bertz CT molecular complexity index is 621. The van der Waals surface area contributed by atoms with E-state index in [-0.39, 0.29) is 18.1 Å². The van der Waals surface area contributed by atoms with Crippen LogP contribution in [0.25, 0.3) is 0 Å². The molecule has 2 amide bonds. The number of amides is 2. The van der Waals surface area contributed by atoms with Crippen molar-refractivity contribution in [2.75, 3.05) is 39.0 Å². The number of hydrogen-bond acceptors (Lipinski definition) is 3. The van der Waals surface area contributed by atoms with E-state index in [1.54, 1.807) is 0 Å². The van der Waals surface area contributed by atoms with Crippen molar-refractivity contribution in [3.8, 4) is 0 Å². The zero-order valence-electron chi connectivity index (χ0n) is 14.3. The zero-order chi connectivity index (χ0) is 19.2. The fraction of sp³-hybridized carbons (Fsp3) is 0.500. The van der Waals surface area contributed by atoms with Gasteiger partial charge in [-0.15, -0.1) is 0 Å². The summed E-state index contributed by atoms with van der Waals surface area (Å²) in [5, 5.41) is 1.92. The van der Waals surface area contributed by atoms with Crippen LogP contribution in [0.4, 0.5) is 18.9 Å². The molecule has 0 unspecified atom stereocenters. The number of nitrogens with zero attached hydrogens (tertiary/aromatic N) is 2. The van der Waals surface area contributed by atoms with Crippen molar-refractivity contribution in [3.63, 3.8) is 0 Å². The molecule has 9 heteroatoms. The van der Waals surface area contributed by atoms with Gasteiger partial charge in [0.05, 0.1) is 17.1 Å². The molecule has 0 aliphatic carbocycles. The van der Waals surface area contributed by atoms with Crippen molar-refractivity contribution in [2.24, 2.45) is 0 Å². The molecule has 25 heavy (non-hydrogen) atoms. The van der Waals surface area contributed by atoms with Crippen LogP contribution in [-0.2, 0) is 15.8 Å². The van der Waals surface area contributed by atoms with Crippen LogP contribution in [-0.4, -0.2) is 55.3 Å². The largest absolute Gasteiger partial charge is 0.417 e. The molecule has 1 rings (SSSR count). The molecule has 0 saturated heterocycles. The molecule has 1 aromatic rings. The van der Waals surface area contributed by atoms with E-state index in [0.717, 1.165) is 18.7 Å². The molecule has 1 N–H and O–H groups in total. The number of alkyl halides is 3. The molecular formula is C16H21ClF3N3O2. The minimum Gasteiger partial charge on any atom is -0.334 e. The van der Waals surface area contributed by atoms with Crippen molar-refractivity contribution in [1.82, 2.24) is 9.80 Å². The molecule has 0 atom stereocenters. The first-order chi connectivity index (χ1) is 11.5. The fourth-order valence-electron chi connectivity index (χ4n) is 2.12. The van der Waals surface area contributed by atoms with Crippen LogP contribution in [0.2, 0.25) is 5.02 Å². The van der Waals surface area contributed by atoms with Gasteiger partial charge in [0.15, 0.2) is 0 Å². The highest BCUT2D eigenvalue weighted by molar-refractivity contribution is 6.31. The number of rotatable bonds is 7. The maximum absolute atomic E-state index is 12.8. The Morgan fingerprint density at radius 3 is 2.36 bits per heavy atom. The van der Waals surface area contributed by atoms with E-state index in [1.807, 2.05) is 19.0 Å². The van der Waals surface area contributed by atoms with E-state index in [0.29, 0.717) is 13.0 Å². The van der Waals surface area contributed by atoms with Gasteiger partial charge < -0.3 is 15.1 Å². The minimum atomic E-state index is -4.62. The van der Waals surface area contributed by atoms with Gasteiger partial charge in [-0.05, 0) is 45.3 Å². The van der Waals surface area contributed by atoms with Gasteiger partial charge in [0.1, 0.15) is 0 Å². The summed E-state index contributed by atoms with van der Waals surface area (Å²) in [6.45, 7) is 2.24. The average Bonchev–Trinajstić information content (AvgIpc) is 2.46. The lowest BCUT2D eigenvalue weighted by atomic mass is 10.2. The normalized spacial score (nSPS) is 11.5. The summed E-state index contributed by atoms with van der Waals surface area (Å²) >= 11 is 5.54. The van der Waals surface area contributed by atoms with E-state index in [2.05, 4.69) is 5.32 Å². The molecule has 0 aliphatic rings. The Labute approximate surface area is 149 Å². The SMILES string of the molecule is CC(=O)N(CCCN(C)C)CC(=O)Nc1ccc(Cl)c(C(F)(F)F)c1. The Morgan fingerprint density at radius 1 is 1.20 bits per heavy atom. The molecule has 0 heterocycles. The van der Waals surface area contributed by atoms with Gasteiger partial charge in [-0.2, -0.15) is 13.2 Å². The Balaban J connectivity index is 2.72. The van der Waals surface area contributed by atoms with Gasteiger partial charge in [-0.3, -0.25) is 9.59 Å². The third-order valence-corrected chi connectivity index (χ3v) is 3.70. The Kier molecular flexibility index (Phi) is 7.69. The first kappa shape index (κ1) is 21.2. The highest BCUT2D eigenvalue weighted by Gasteiger charge is 2.33. The summed E-state index contributed by atoms with van der Waals surface area (Å²) in [5.41, 5.74) is -1.06. The van der Waals surface area contributed by atoms with Gasteiger partial charge in [-0.25, -0.2) is 0 Å². The number of hydrogen-bond donors (Lipinski definition) is 1. The van der Waals surface area contributed by atoms with E-state index < -0.39 is 22.7 Å². The predicted molar refractivity (Wildman–Crippen MR) is 90.5 cm³/mol. The van der Waals surface area contributed by atoms with Gasteiger partial charge in [0, 0.05) is 19.2 Å². The van der Waals surface area contributed by atoms with Gasteiger partial charge in [-0.1, -0.05) is 11.6 Å². The molecule has 1 aromatic carbocycles. The van der Waals surface area contributed by atoms with Gasteiger partial charge in [0.25, 0.3) is 0 Å². The number of anilines is 1. The summed E-state index contributed by atoms with van der Waals surface area (Å²) in [6, 6.07) is 3.11. The lowest BCUT2D eigenvalue weighted by Crippen LogP contribution is -2.38. The molecule has 0 saturated carbocycles. The molecule has 5 nitrogen and oxygen atoms in total. The van der Waals surface area contributed by atoms with Crippen molar-refractivity contribution >= 4 is 29.1 Å². The number of nitrogens with one attached hydrogen (secondary N) is 1. The number of carbonyl (C=O) groups is 2. The molecular weight excluding hydrogens is 359 g/mol. The van der Waals surface area contributed by atoms with Crippen LogP contribution in [0.15, 0.2) is 18.2 Å². The predicted octanol–water partition coefficient (Wildman–Crippen LogP) is 3.10. The monoisotopic (exact) mass is 379 g/mol. The van der Waals surface area contributed by atoms with Crippen LogP contribution in [0.1, 0.15) is 18.9 Å². The van der Waals surface area contributed by atoms with E-state index in [1.165, 1.54) is 17.9 Å². The fourth-order valence-corrected chi connectivity index (χ4v) is 2.34. The van der Waals surface area contributed by atoms with E-state index in [4.69, 9.17) is 11.6 Å². The quantitative estimate of drug-likeness (QED) is 0.792. The lowest BCUT2D eigenvalue weighted by Gasteiger charge is -2.21. The van der Waals surface area contributed by atoms with E-state index >= 15 is 0 Å². The Hall–Kier alpha value is -1.80. The smallest absolute Gasteiger partial charge is 0.334 e. The minimum absolute atomic E-state index is 0.0291. The van der Waals surface area contributed by atoms with Crippen molar-refractivity contribution in [3.05, 3.63) is 28.8 Å². The van der Waals surface area contributed by atoms with Crippen LogP contribution in [0.5, 0.6) is 0 Å². The average molecular weight is 380 g/mol. The van der Waals surface area contributed by atoms with Crippen molar-refractivity contribution in [1.29, 1.82) is 0 Å². The molecule has 140 valence electrons. The maximum atomic E-state index is 12.8. The van der Waals surface area contributed by atoms with Crippen LogP contribution < -0.4 is 5.32 Å². The number of halogens is 4. The third kappa shape index (κ3) is 7.31. The van der Waals surface area contributed by atoms with Crippen LogP contribution in [0, 0.1) is 0 Å². The molecule has 0 fully saturated rings. The van der Waals surface area contributed by atoms with Gasteiger partial charge >= 0.3 is 6.18 Å². The summed E-state index contributed by atoms with van der Waals surface area (Å²) in [5.74, 6) is -0.850. The second-order valence-corrected chi connectivity index (χ2v) is 6.25. The van der Waals surface area contributed by atoms with Gasteiger partial charge in [0.2, 0.25) is 11.8 Å². The first-order valence-electron chi connectivity index (χ1n) is 7.57. The van der Waals surface area contributed by atoms with Crippen molar-refractivity contribution in [2.45, 2.75) is 19.5 Å². The molecule has 0 aliphatic heterocycles. The maximum Gasteiger partial charge on any atom is 0.417 e. The van der Waals surface area contributed by atoms with E-state index in [9.17, 15) is 22.8 Å². The zero-order valence-corrected chi connectivity index (χ0v) is 15.0. The van der Waals surface area contributed by atoms with Crippen molar-refractivity contribution < 1.29 is 22.8 Å². The van der Waals surface area contributed by atoms with Crippen LogP contribution in [0.3, 0.4) is 0 Å². The third-order valence-electron chi connectivity index (χ3n) is 3.37. The molecule has 0 aromatic heterocycles. The van der Waals surface area contributed by atoms with Crippen LogP contribution >= 0.6 is 11.6 Å². The number of benzene rings is 1. The highest BCUT2D eigenvalue weighted by atomic mass is 35.5. The second-order valence-electron chi connectivity index (χ2n) is 5.84. The summed E-state index contributed by atoms with van der Waals surface area (Å²) in [6.07, 6.45) is -3.94. The highest BCUT2D eigenvalue weighted by Crippen LogP contribution is 2.36. The summed E-state index contributed by atoms with van der Waals surface area (Å²) in [4.78, 5) is 26.9. The molecule has 0 spiro atoms. The lowest BCUT2D eigenvalue weighted by molar-refractivity contribution is -0.137. The Morgan fingerprint density at radius 2 is 1.84 bits per heavy atom.